The van der Waals surface area contributed by atoms with E-state index >= 15 is 0 Å². The van der Waals surface area contributed by atoms with E-state index < -0.39 is 0 Å². The molecule has 0 saturated carbocycles. The summed E-state index contributed by atoms with van der Waals surface area (Å²) in [5.41, 5.74) is 6.96. The van der Waals surface area contributed by atoms with Gasteiger partial charge in [-0.1, -0.05) is 0 Å². The third-order valence-corrected chi connectivity index (χ3v) is 2.75. The van der Waals surface area contributed by atoms with Gasteiger partial charge in [0, 0.05) is 13.1 Å². The number of nitrogens with two attached hydrogens (primary N) is 1. The molecule has 2 aromatic rings. The van der Waals surface area contributed by atoms with Crippen molar-refractivity contribution in [3.63, 3.8) is 0 Å². The number of fused-ring (bicyclic) bond motifs is 1. The number of anilines is 2. The van der Waals surface area contributed by atoms with Crippen molar-refractivity contribution in [2.75, 3.05) is 36.9 Å². The molecule has 2 aromatic heterocycles. The molecule has 0 spiro atoms. The number of morpholine rings is 1. The summed E-state index contributed by atoms with van der Waals surface area (Å²) in [6.45, 7) is 3.19. The second-order valence-corrected chi connectivity index (χ2v) is 3.91. The van der Waals surface area contributed by atoms with E-state index in [0.29, 0.717) is 11.5 Å². The second kappa shape index (κ2) is 4.14. The summed E-state index contributed by atoms with van der Waals surface area (Å²) in [6.07, 6.45) is 1.54. The molecule has 1 saturated heterocycles. The Morgan fingerprint density at radius 1 is 1.18 bits per heavy atom. The van der Waals surface area contributed by atoms with E-state index in [0.717, 1.165) is 37.6 Å². The Labute approximate surface area is 98.4 Å². The van der Waals surface area contributed by atoms with Crippen LogP contribution >= 0.6 is 0 Å². The van der Waals surface area contributed by atoms with Gasteiger partial charge < -0.3 is 15.4 Å². The van der Waals surface area contributed by atoms with Gasteiger partial charge in [-0.3, -0.25) is 0 Å². The fourth-order valence-electron chi connectivity index (χ4n) is 1.87. The third kappa shape index (κ3) is 1.99. The Bertz CT molecular complexity index is 538. The minimum atomic E-state index is 0.393. The van der Waals surface area contributed by atoms with Crippen LogP contribution in [0, 0.1) is 0 Å². The molecule has 6 nitrogen and oxygen atoms in total. The highest BCUT2D eigenvalue weighted by Gasteiger charge is 2.13. The lowest BCUT2D eigenvalue weighted by molar-refractivity contribution is 0.122. The molecule has 3 rings (SSSR count). The van der Waals surface area contributed by atoms with Crippen molar-refractivity contribution in [1.29, 1.82) is 0 Å². The van der Waals surface area contributed by atoms with Crippen LogP contribution in [-0.4, -0.2) is 41.3 Å². The molecule has 17 heavy (non-hydrogen) atoms. The number of hydrogen-bond acceptors (Lipinski definition) is 6. The molecule has 1 aliphatic heterocycles. The van der Waals surface area contributed by atoms with Gasteiger partial charge >= 0.3 is 0 Å². The molecule has 88 valence electrons. The maximum Gasteiger partial charge on any atom is 0.182 e. The van der Waals surface area contributed by atoms with E-state index in [1.165, 1.54) is 0 Å². The number of hydrogen-bond donors (Lipinski definition) is 1. The largest absolute Gasteiger partial charge is 0.382 e. The monoisotopic (exact) mass is 231 g/mol. The standard InChI is InChI=1S/C11H13N5O/c12-9-7-13-8-1-2-10(15-11(8)14-9)16-3-5-17-6-4-16/h1-2,7H,3-6H2,(H2,12,14,15). The summed E-state index contributed by atoms with van der Waals surface area (Å²) >= 11 is 0. The highest BCUT2D eigenvalue weighted by Crippen LogP contribution is 2.16. The molecule has 1 aliphatic rings. The number of nitrogen functional groups attached to an aromatic ring is 1. The lowest BCUT2D eigenvalue weighted by Crippen LogP contribution is -2.36. The quantitative estimate of drug-likeness (QED) is 0.767. The summed E-state index contributed by atoms with van der Waals surface area (Å²) in [6, 6.07) is 3.87. The van der Waals surface area contributed by atoms with Crippen LogP contribution in [0.25, 0.3) is 11.2 Å². The van der Waals surface area contributed by atoms with Gasteiger partial charge in [0.1, 0.15) is 17.2 Å². The maximum absolute atomic E-state index is 5.61. The van der Waals surface area contributed by atoms with Crippen LogP contribution < -0.4 is 10.6 Å². The Morgan fingerprint density at radius 3 is 2.82 bits per heavy atom. The van der Waals surface area contributed by atoms with Crippen molar-refractivity contribution in [2.45, 2.75) is 0 Å². The topological polar surface area (TPSA) is 77.2 Å². The molecule has 0 radical (unpaired) electrons. The zero-order valence-corrected chi connectivity index (χ0v) is 9.33. The summed E-state index contributed by atoms with van der Waals surface area (Å²) in [4.78, 5) is 15.0. The first-order chi connectivity index (χ1) is 8.33. The van der Waals surface area contributed by atoms with E-state index in [1.807, 2.05) is 12.1 Å². The number of rotatable bonds is 1. The van der Waals surface area contributed by atoms with Crippen LogP contribution in [0.15, 0.2) is 18.3 Å². The molecular weight excluding hydrogens is 218 g/mol. The van der Waals surface area contributed by atoms with Gasteiger partial charge in [0.2, 0.25) is 0 Å². The average molecular weight is 231 g/mol. The highest BCUT2D eigenvalue weighted by molar-refractivity contribution is 5.73. The van der Waals surface area contributed by atoms with Crippen molar-refractivity contribution in [3.05, 3.63) is 18.3 Å². The van der Waals surface area contributed by atoms with Gasteiger partial charge in [0.15, 0.2) is 5.65 Å². The SMILES string of the molecule is Nc1cnc2ccc(N3CCOCC3)nc2n1. The Hall–Kier alpha value is -1.95. The van der Waals surface area contributed by atoms with Gasteiger partial charge in [-0.05, 0) is 12.1 Å². The van der Waals surface area contributed by atoms with Crippen molar-refractivity contribution in [3.8, 4) is 0 Å². The van der Waals surface area contributed by atoms with Gasteiger partial charge in [0.05, 0.1) is 19.4 Å². The smallest absolute Gasteiger partial charge is 0.182 e. The third-order valence-electron chi connectivity index (χ3n) is 2.75. The van der Waals surface area contributed by atoms with E-state index in [-0.39, 0.29) is 0 Å². The van der Waals surface area contributed by atoms with E-state index in [9.17, 15) is 0 Å². The zero-order valence-electron chi connectivity index (χ0n) is 9.33. The van der Waals surface area contributed by atoms with E-state index in [4.69, 9.17) is 10.5 Å². The lowest BCUT2D eigenvalue weighted by atomic mass is 10.3. The molecule has 0 unspecified atom stereocenters. The van der Waals surface area contributed by atoms with Crippen LogP contribution in [0.3, 0.4) is 0 Å². The molecule has 6 heteroatoms. The summed E-state index contributed by atoms with van der Waals surface area (Å²) in [5.74, 6) is 1.30. The van der Waals surface area contributed by atoms with Crippen LogP contribution in [-0.2, 0) is 4.74 Å². The first-order valence-corrected chi connectivity index (χ1v) is 5.55. The zero-order chi connectivity index (χ0) is 11.7. The molecule has 0 atom stereocenters. The maximum atomic E-state index is 5.61. The van der Waals surface area contributed by atoms with Crippen molar-refractivity contribution < 1.29 is 4.74 Å². The van der Waals surface area contributed by atoms with E-state index in [2.05, 4.69) is 19.9 Å². The van der Waals surface area contributed by atoms with Crippen LogP contribution in [0.5, 0.6) is 0 Å². The van der Waals surface area contributed by atoms with Crippen LogP contribution in [0.2, 0.25) is 0 Å². The average Bonchev–Trinajstić information content (AvgIpc) is 2.39. The molecular formula is C11H13N5O. The Balaban J connectivity index is 1.99. The van der Waals surface area contributed by atoms with Crippen molar-refractivity contribution in [1.82, 2.24) is 15.0 Å². The molecule has 2 N–H and O–H groups in total. The predicted molar refractivity (Wildman–Crippen MR) is 64.8 cm³/mol. The van der Waals surface area contributed by atoms with Gasteiger partial charge in [-0.25, -0.2) is 15.0 Å². The van der Waals surface area contributed by atoms with Crippen molar-refractivity contribution in [2.24, 2.45) is 0 Å². The minimum Gasteiger partial charge on any atom is -0.382 e. The molecule has 0 aromatic carbocycles. The number of aromatic nitrogens is 3. The summed E-state index contributed by atoms with van der Waals surface area (Å²) < 4.78 is 5.31. The second-order valence-electron chi connectivity index (χ2n) is 3.91. The lowest BCUT2D eigenvalue weighted by Gasteiger charge is -2.27. The minimum absolute atomic E-state index is 0.393. The normalized spacial score (nSPS) is 16.4. The number of pyridine rings is 1. The van der Waals surface area contributed by atoms with Gasteiger partial charge in [0.25, 0.3) is 0 Å². The van der Waals surface area contributed by atoms with Gasteiger partial charge in [-0.2, -0.15) is 0 Å². The molecule has 3 heterocycles. The first kappa shape index (κ1) is 10.2. The van der Waals surface area contributed by atoms with Crippen molar-refractivity contribution >= 4 is 22.8 Å². The molecule has 0 bridgehead atoms. The number of ether oxygens (including phenoxy) is 1. The Morgan fingerprint density at radius 2 is 2.00 bits per heavy atom. The van der Waals surface area contributed by atoms with Gasteiger partial charge in [-0.15, -0.1) is 0 Å². The Kier molecular flexibility index (Phi) is 2.49. The summed E-state index contributed by atoms with van der Waals surface area (Å²) in [5, 5.41) is 0. The predicted octanol–water partition coefficient (Wildman–Crippen LogP) is 0.444. The summed E-state index contributed by atoms with van der Waals surface area (Å²) in [7, 11) is 0. The fraction of sp³-hybridized carbons (Fsp3) is 0.364. The number of nitrogens with zero attached hydrogens (tertiary/aromatic N) is 4. The van der Waals surface area contributed by atoms with Crippen LogP contribution in [0.1, 0.15) is 0 Å². The molecule has 0 aliphatic carbocycles. The molecule has 0 amide bonds. The fourth-order valence-corrected chi connectivity index (χ4v) is 1.87. The highest BCUT2D eigenvalue weighted by atomic mass is 16.5. The molecule has 1 fully saturated rings. The first-order valence-electron chi connectivity index (χ1n) is 5.55. The van der Waals surface area contributed by atoms with Crippen LogP contribution in [0.4, 0.5) is 11.6 Å². The van der Waals surface area contributed by atoms with E-state index in [1.54, 1.807) is 6.20 Å².